The number of hydrogen-bond acceptors (Lipinski definition) is 4. The van der Waals surface area contributed by atoms with Gasteiger partial charge in [0.25, 0.3) is 0 Å². The number of carbonyl (C=O) groups excluding carboxylic acids is 3. The number of anilines is 1. The van der Waals surface area contributed by atoms with Gasteiger partial charge < -0.3 is 14.6 Å². The third kappa shape index (κ3) is 4.64. The van der Waals surface area contributed by atoms with Crippen LogP contribution in [0.5, 0.6) is 0 Å². The van der Waals surface area contributed by atoms with E-state index in [1.165, 1.54) is 0 Å². The molecule has 1 saturated carbocycles. The number of hydrogen-bond donors (Lipinski definition) is 1. The zero-order valence-electron chi connectivity index (χ0n) is 18.5. The van der Waals surface area contributed by atoms with Gasteiger partial charge in [0.15, 0.2) is 6.10 Å². The minimum atomic E-state index is -0.906. The predicted molar refractivity (Wildman–Crippen MR) is 116 cm³/mol. The van der Waals surface area contributed by atoms with Crippen LogP contribution in [-0.2, 0) is 9.53 Å². The highest BCUT2D eigenvalue weighted by Gasteiger charge is 2.30. The molecule has 160 valence electrons. The maximum Gasteiger partial charge on any atom is 0.340 e. The van der Waals surface area contributed by atoms with E-state index in [2.05, 4.69) is 9.88 Å². The van der Waals surface area contributed by atoms with E-state index >= 15 is 0 Å². The molecule has 0 aliphatic heterocycles. The molecule has 0 unspecified atom stereocenters. The number of nitrogens with one attached hydrogen (secondary N) is 1. The van der Waals surface area contributed by atoms with Crippen LogP contribution >= 0.6 is 0 Å². The standard InChI is InChI=1S/C24H30N2O4/c1-14-13-20(15(2)26(14)19-11-12-19)22(28)30-16(3)21(27)17-7-9-18(10-8-17)25-23(29)24(4,5)6/h7-10,13,16,19H,11-12H2,1-6H3,(H,25,29)/t16-/m1/s1. The van der Waals surface area contributed by atoms with Gasteiger partial charge in [0.1, 0.15) is 0 Å². The van der Waals surface area contributed by atoms with Crippen molar-refractivity contribution in [1.82, 2.24) is 4.57 Å². The van der Waals surface area contributed by atoms with Crippen LogP contribution in [0.2, 0.25) is 0 Å². The smallest absolute Gasteiger partial charge is 0.340 e. The van der Waals surface area contributed by atoms with Crippen molar-refractivity contribution in [3.8, 4) is 0 Å². The van der Waals surface area contributed by atoms with E-state index in [0.29, 0.717) is 22.9 Å². The maximum atomic E-state index is 12.7. The lowest BCUT2D eigenvalue weighted by molar-refractivity contribution is -0.123. The molecule has 1 N–H and O–H groups in total. The normalized spacial score (nSPS) is 14.9. The van der Waals surface area contributed by atoms with E-state index in [9.17, 15) is 14.4 Å². The Morgan fingerprint density at radius 2 is 1.70 bits per heavy atom. The van der Waals surface area contributed by atoms with Crippen LogP contribution in [0.1, 0.15) is 78.7 Å². The first-order valence-electron chi connectivity index (χ1n) is 10.3. The second-order valence-corrected chi connectivity index (χ2v) is 9.08. The van der Waals surface area contributed by atoms with Crippen LogP contribution in [0.25, 0.3) is 0 Å². The van der Waals surface area contributed by atoms with Gasteiger partial charge in [-0.3, -0.25) is 9.59 Å². The summed E-state index contributed by atoms with van der Waals surface area (Å²) in [5.41, 5.74) is 2.97. The van der Waals surface area contributed by atoms with Crippen LogP contribution in [0.15, 0.2) is 30.3 Å². The first kappa shape index (κ1) is 21.8. The van der Waals surface area contributed by atoms with Gasteiger partial charge in [-0.1, -0.05) is 20.8 Å². The fraction of sp³-hybridized carbons (Fsp3) is 0.458. The van der Waals surface area contributed by atoms with Gasteiger partial charge in [0, 0.05) is 34.1 Å². The molecule has 1 aromatic heterocycles. The molecule has 1 aromatic carbocycles. The number of carbonyl (C=O) groups is 3. The third-order valence-electron chi connectivity index (χ3n) is 5.38. The number of rotatable bonds is 6. The average molecular weight is 411 g/mol. The minimum absolute atomic E-state index is 0.104. The van der Waals surface area contributed by atoms with Crippen molar-refractivity contribution >= 4 is 23.3 Å². The molecular weight excluding hydrogens is 380 g/mol. The Labute approximate surface area is 177 Å². The fourth-order valence-corrected chi connectivity index (χ4v) is 3.43. The van der Waals surface area contributed by atoms with Gasteiger partial charge in [-0.05, 0) is 63.9 Å². The van der Waals surface area contributed by atoms with Crippen LogP contribution in [0, 0.1) is 19.3 Å². The highest BCUT2D eigenvalue weighted by molar-refractivity contribution is 6.02. The topological polar surface area (TPSA) is 77.4 Å². The van der Waals surface area contributed by atoms with Crippen LogP contribution in [0.4, 0.5) is 5.69 Å². The van der Waals surface area contributed by atoms with E-state index in [4.69, 9.17) is 4.74 Å². The molecule has 1 fully saturated rings. The number of esters is 1. The molecular formula is C24H30N2O4. The lowest BCUT2D eigenvalue weighted by atomic mass is 9.95. The molecule has 6 nitrogen and oxygen atoms in total. The summed E-state index contributed by atoms with van der Waals surface area (Å²) < 4.78 is 7.64. The fourth-order valence-electron chi connectivity index (χ4n) is 3.43. The Hall–Kier alpha value is -2.89. The number of ketones is 1. The molecule has 1 aliphatic carbocycles. The van der Waals surface area contributed by atoms with Crippen molar-refractivity contribution in [2.75, 3.05) is 5.32 Å². The lowest BCUT2D eigenvalue weighted by Gasteiger charge is -2.18. The van der Waals surface area contributed by atoms with E-state index in [0.717, 1.165) is 24.2 Å². The number of aromatic nitrogens is 1. The summed E-state index contributed by atoms with van der Waals surface area (Å²) in [6.45, 7) is 11.0. The van der Waals surface area contributed by atoms with E-state index in [1.54, 1.807) is 31.2 Å². The van der Waals surface area contributed by atoms with E-state index in [-0.39, 0.29) is 11.7 Å². The molecule has 0 radical (unpaired) electrons. The summed E-state index contributed by atoms with van der Waals surface area (Å²) in [7, 11) is 0. The molecule has 1 amide bonds. The molecule has 30 heavy (non-hydrogen) atoms. The van der Waals surface area contributed by atoms with Crippen molar-refractivity contribution in [3.63, 3.8) is 0 Å². The molecule has 2 aromatic rings. The average Bonchev–Trinajstić information content (AvgIpc) is 3.45. The largest absolute Gasteiger partial charge is 0.451 e. The van der Waals surface area contributed by atoms with Gasteiger partial charge in [-0.15, -0.1) is 0 Å². The highest BCUT2D eigenvalue weighted by Crippen LogP contribution is 2.38. The van der Waals surface area contributed by atoms with Gasteiger partial charge in [-0.2, -0.15) is 0 Å². The zero-order valence-corrected chi connectivity index (χ0v) is 18.5. The van der Waals surface area contributed by atoms with Crippen molar-refractivity contribution < 1.29 is 19.1 Å². The first-order chi connectivity index (χ1) is 14.0. The second-order valence-electron chi connectivity index (χ2n) is 9.08. The van der Waals surface area contributed by atoms with Gasteiger partial charge >= 0.3 is 5.97 Å². The van der Waals surface area contributed by atoms with Gasteiger partial charge in [-0.25, -0.2) is 4.79 Å². The number of amides is 1. The second kappa shape index (κ2) is 8.09. The zero-order chi connectivity index (χ0) is 22.2. The van der Waals surface area contributed by atoms with Gasteiger partial charge in [0.05, 0.1) is 5.56 Å². The Kier molecular flexibility index (Phi) is 5.88. The number of aryl methyl sites for hydroxylation is 1. The number of ether oxygens (including phenoxy) is 1. The van der Waals surface area contributed by atoms with Crippen LogP contribution < -0.4 is 5.32 Å². The maximum absolute atomic E-state index is 12.7. The van der Waals surface area contributed by atoms with Crippen molar-refractivity contribution in [2.24, 2.45) is 5.41 Å². The number of nitrogens with zero attached hydrogens (tertiary/aromatic N) is 1. The van der Waals surface area contributed by atoms with Crippen molar-refractivity contribution in [2.45, 2.75) is 66.5 Å². The molecule has 0 bridgehead atoms. The van der Waals surface area contributed by atoms with Crippen molar-refractivity contribution in [3.05, 3.63) is 52.8 Å². The Morgan fingerprint density at radius 3 is 2.23 bits per heavy atom. The Balaban J connectivity index is 1.65. The summed E-state index contributed by atoms with van der Waals surface area (Å²) in [4.78, 5) is 37.4. The molecule has 6 heteroatoms. The molecule has 1 aliphatic rings. The van der Waals surface area contributed by atoms with E-state index < -0.39 is 17.5 Å². The quantitative estimate of drug-likeness (QED) is 0.545. The monoisotopic (exact) mass is 410 g/mol. The van der Waals surface area contributed by atoms with Crippen LogP contribution in [0.3, 0.4) is 0 Å². The third-order valence-corrected chi connectivity index (χ3v) is 5.38. The molecule has 1 atom stereocenters. The summed E-state index contributed by atoms with van der Waals surface area (Å²) >= 11 is 0. The summed E-state index contributed by atoms with van der Waals surface area (Å²) in [6.07, 6.45) is 1.36. The Bertz CT molecular complexity index is 976. The SMILES string of the molecule is Cc1cc(C(=O)O[C@H](C)C(=O)c2ccc(NC(=O)C(C)(C)C)cc2)c(C)n1C1CC1. The summed E-state index contributed by atoms with van der Waals surface area (Å²) in [6, 6.07) is 8.92. The Morgan fingerprint density at radius 1 is 1.10 bits per heavy atom. The highest BCUT2D eigenvalue weighted by atomic mass is 16.5. The number of benzene rings is 1. The van der Waals surface area contributed by atoms with Gasteiger partial charge in [0.2, 0.25) is 11.7 Å². The minimum Gasteiger partial charge on any atom is -0.451 e. The molecule has 0 saturated heterocycles. The molecule has 3 rings (SSSR count). The van der Waals surface area contributed by atoms with E-state index in [1.807, 2.05) is 40.7 Å². The predicted octanol–water partition coefficient (Wildman–Crippen LogP) is 4.85. The molecule has 1 heterocycles. The van der Waals surface area contributed by atoms with Crippen LogP contribution in [-0.4, -0.2) is 28.3 Å². The lowest BCUT2D eigenvalue weighted by Crippen LogP contribution is -2.27. The molecule has 0 spiro atoms. The van der Waals surface area contributed by atoms with Crippen molar-refractivity contribution in [1.29, 1.82) is 0 Å². The first-order valence-corrected chi connectivity index (χ1v) is 10.3. The summed E-state index contributed by atoms with van der Waals surface area (Å²) in [5.74, 6) is -0.870. The number of Topliss-reactive ketones (excluding diaryl/α,β-unsaturated/α-hetero) is 1. The summed E-state index contributed by atoms with van der Waals surface area (Å²) in [5, 5.41) is 2.82.